The highest BCUT2D eigenvalue weighted by atomic mass is 79.9. The van der Waals surface area contributed by atoms with E-state index < -0.39 is 17.3 Å². The van der Waals surface area contributed by atoms with Gasteiger partial charge >= 0.3 is 6.18 Å². The average molecular weight is 412 g/mol. The molecule has 9 heteroatoms. The van der Waals surface area contributed by atoms with Crippen LogP contribution in [0.5, 0.6) is 0 Å². The van der Waals surface area contributed by atoms with Crippen molar-refractivity contribution in [3.05, 3.63) is 37.8 Å². The van der Waals surface area contributed by atoms with Crippen LogP contribution in [0.3, 0.4) is 0 Å². The molecule has 0 amide bonds. The van der Waals surface area contributed by atoms with E-state index in [0.29, 0.717) is 26.1 Å². The van der Waals surface area contributed by atoms with Crippen molar-refractivity contribution in [2.45, 2.75) is 25.1 Å². The van der Waals surface area contributed by atoms with Crippen LogP contribution in [-0.2, 0) is 10.9 Å². The maximum Gasteiger partial charge on any atom is 0.416 e. The number of ether oxygens (including phenoxy) is 1. The first-order chi connectivity index (χ1) is 10.8. The van der Waals surface area contributed by atoms with Crippen LogP contribution in [0, 0.1) is 0 Å². The molecule has 3 rings (SSSR count). The van der Waals surface area contributed by atoms with E-state index in [-0.39, 0.29) is 26.7 Å². The molecule has 1 aromatic carbocycles. The van der Waals surface area contributed by atoms with Gasteiger partial charge in [0, 0.05) is 23.7 Å². The Balaban J connectivity index is 2.25. The fourth-order valence-electron chi connectivity index (χ4n) is 2.66. The third-order valence-electron chi connectivity index (χ3n) is 3.80. The van der Waals surface area contributed by atoms with Gasteiger partial charge in [-0.2, -0.15) is 13.2 Å². The molecule has 124 valence electrons. The van der Waals surface area contributed by atoms with Crippen molar-refractivity contribution >= 4 is 38.4 Å². The topological polar surface area (TPSA) is 44.1 Å². The van der Waals surface area contributed by atoms with Crippen LogP contribution in [0.4, 0.5) is 13.2 Å². The lowest BCUT2D eigenvalue weighted by molar-refractivity contribution is -0.137. The molecule has 0 aliphatic carbocycles. The highest BCUT2D eigenvalue weighted by Gasteiger charge is 2.32. The number of hydrogen-bond acceptors (Lipinski definition) is 3. The minimum absolute atomic E-state index is 0.0325. The van der Waals surface area contributed by atoms with Crippen molar-refractivity contribution in [1.29, 1.82) is 0 Å². The van der Waals surface area contributed by atoms with E-state index in [9.17, 15) is 18.0 Å². The van der Waals surface area contributed by atoms with E-state index in [0.717, 1.165) is 12.1 Å². The number of alkyl halides is 3. The fourth-order valence-corrected chi connectivity index (χ4v) is 3.51. The first kappa shape index (κ1) is 16.7. The molecular formula is C14H11BrClF3N2O2. The van der Waals surface area contributed by atoms with Crippen molar-refractivity contribution in [2.24, 2.45) is 0 Å². The lowest BCUT2D eigenvalue weighted by Gasteiger charge is -2.25. The van der Waals surface area contributed by atoms with Crippen molar-refractivity contribution in [3.63, 3.8) is 0 Å². The molecule has 0 N–H and O–H groups in total. The van der Waals surface area contributed by atoms with E-state index in [4.69, 9.17) is 16.3 Å². The Morgan fingerprint density at radius 1 is 1.30 bits per heavy atom. The first-order valence-electron chi connectivity index (χ1n) is 6.85. The quantitative estimate of drug-likeness (QED) is 0.661. The summed E-state index contributed by atoms with van der Waals surface area (Å²) in [6, 6.07) is 1.49. The average Bonchev–Trinajstić information content (AvgIpc) is 2.48. The zero-order chi connectivity index (χ0) is 16.8. The lowest BCUT2D eigenvalue weighted by atomic mass is 10.1. The van der Waals surface area contributed by atoms with Gasteiger partial charge in [0.15, 0.2) is 0 Å². The Morgan fingerprint density at radius 3 is 2.57 bits per heavy atom. The monoisotopic (exact) mass is 410 g/mol. The molecule has 0 spiro atoms. The SMILES string of the molecule is O=c1c2cc(C(F)(F)F)cc(Br)c2nc(Cl)n1C1CCOCC1. The second kappa shape index (κ2) is 6.07. The highest BCUT2D eigenvalue weighted by Crippen LogP contribution is 2.34. The molecule has 1 fully saturated rings. The Morgan fingerprint density at radius 2 is 1.96 bits per heavy atom. The zero-order valence-corrected chi connectivity index (χ0v) is 14.0. The molecule has 0 saturated carbocycles. The molecule has 1 aromatic heterocycles. The van der Waals surface area contributed by atoms with Crippen LogP contribution in [-0.4, -0.2) is 22.8 Å². The Bertz CT molecular complexity index is 816. The standard InChI is InChI=1S/C14H11BrClF3N2O2/c15-10-6-7(14(17,18)19)5-9-11(10)20-13(16)21(12(9)22)8-1-3-23-4-2-8/h5-6,8H,1-4H2. The van der Waals surface area contributed by atoms with Crippen LogP contribution in [0.15, 0.2) is 21.4 Å². The van der Waals surface area contributed by atoms with Crippen LogP contribution in [0.1, 0.15) is 24.4 Å². The predicted octanol–water partition coefficient (Wildman–Crippen LogP) is 4.18. The number of fused-ring (bicyclic) bond motifs is 1. The second-order valence-electron chi connectivity index (χ2n) is 5.25. The van der Waals surface area contributed by atoms with Gasteiger partial charge in [-0.3, -0.25) is 9.36 Å². The van der Waals surface area contributed by atoms with Crippen molar-refractivity contribution in [1.82, 2.24) is 9.55 Å². The van der Waals surface area contributed by atoms with E-state index in [2.05, 4.69) is 20.9 Å². The Kier molecular flexibility index (Phi) is 4.41. The zero-order valence-electron chi connectivity index (χ0n) is 11.7. The summed E-state index contributed by atoms with van der Waals surface area (Å²) in [4.78, 5) is 16.8. The summed E-state index contributed by atoms with van der Waals surface area (Å²) >= 11 is 9.15. The summed E-state index contributed by atoms with van der Waals surface area (Å²) in [6.07, 6.45) is -3.42. The molecule has 1 aliphatic rings. The van der Waals surface area contributed by atoms with Gasteiger partial charge in [0.2, 0.25) is 5.28 Å². The minimum Gasteiger partial charge on any atom is -0.381 e. The van der Waals surface area contributed by atoms with Gasteiger partial charge in [0.05, 0.1) is 16.5 Å². The summed E-state index contributed by atoms with van der Waals surface area (Å²) in [5.41, 5.74) is -1.35. The molecule has 0 bridgehead atoms. The van der Waals surface area contributed by atoms with Gasteiger partial charge in [0.25, 0.3) is 5.56 Å². The molecular weight excluding hydrogens is 401 g/mol. The predicted molar refractivity (Wildman–Crippen MR) is 82.8 cm³/mol. The summed E-state index contributed by atoms with van der Waals surface area (Å²) in [7, 11) is 0. The number of hydrogen-bond donors (Lipinski definition) is 0. The first-order valence-corrected chi connectivity index (χ1v) is 8.02. The highest BCUT2D eigenvalue weighted by molar-refractivity contribution is 9.10. The molecule has 2 aromatic rings. The molecule has 0 radical (unpaired) electrons. The van der Waals surface area contributed by atoms with Gasteiger partial charge < -0.3 is 4.74 Å². The number of rotatable bonds is 1. The molecule has 2 heterocycles. The summed E-state index contributed by atoms with van der Waals surface area (Å²) in [5, 5.41) is -0.141. The van der Waals surface area contributed by atoms with E-state index in [1.54, 1.807) is 0 Å². The van der Waals surface area contributed by atoms with Crippen molar-refractivity contribution < 1.29 is 17.9 Å². The van der Waals surface area contributed by atoms with Crippen LogP contribution >= 0.6 is 27.5 Å². The minimum atomic E-state index is -4.55. The van der Waals surface area contributed by atoms with Crippen molar-refractivity contribution in [3.8, 4) is 0 Å². The van der Waals surface area contributed by atoms with Gasteiger partial charge in [0.1, 0.15) is 0 Å². The van der Waals surface area contributed by atoms with Crippen molar-refractivity contribution in [2.75, 3.05) is 13.2 Å². The number of nitrogens with zero attached hydrogens (tertiary/aromatic N) is 2. The molecule has 4 nitrogen and oxygen atoms in total. The number of halogens is 5. The summed E-state index contributed by atoms with van der Waals surface area (Å²) < 4.78 is 45.5. The third kappa shape index (κ3) is 3.12. The maximum absolute atomic E-state index is 13.0. The Hall–Kier alpha value is -1.12. The summed E-state index contributed by atoms with van der Waals surface area (Å²) in [5.74, 6) is 0. The van der Waals surface area contributed by atoms with E-state index in [1.165, 1.54) is 4.57 Å². The second-order valence-corrected chi connectivity index (χ2v) is 6.44. The van der Waals surface area contributed by atoms with Crippen LogP contribution in [0.2, 0.25) is 5.28 Å². The normalized spacial score (nSPS) is 16.9. The number of aromatic nitrogens is 2. The van der Waals surface area contributed by atoms with Gasteiger partial charge in [-0.15, -0.1) is 0 Å². The van der Waals surface area contributed by atoms with Gasteiger partial charge in [-0.1, -0.05) is 0 Å². The maximum atomic E-state index is 13.0. The van der Waals surface area contributed by atoms with E-state index in [1.807, 2.05) is 0 Å². The Labute approximate surface area is 142 Å². The third-order valence-corrected chi connectivity index (χ3v) is 4.67. The van der Waals surface area contributed by atoms with Gasteiger partial charge in [-0.25, -0.2) is 4.98 Å². The van der Waals surface area contributed by atoms with E-state index >= 15 is 0 Å². The fraction of sp³-hybridized carbons (Fsp3) is 0.429. The number of benzene rings is 1. The molecule has 1 aliphatic heterocycles. The molecule has 0 unspecified atom stereocenters. The molecule has 23 heavy (non-hydrogen) atoms. The molecule has 1 saturated heterocycles. The lowest BCUT2D eigenvalue weighted by Crippen LogP contribution is -2.30. The van der Waals surface area contributed by atoms with Gasteiger partial charge in [-0.05, 0) is 52.5 Å². The smallest absolute Gasteiger partial charge is 0.381 e. The summed E-state index contributed by atoms with van der Waals surface area (Å²) in [6.45, 7) is 0.940. The van der Waals surface area contributed by atoms with Crippen LogP contribution < -0.4 is 5.56 Å². The molecule has 0 atom stereocenters. The van der Waals surface area contributed by atoms with Crippen LogP contribution in [0.25, 0.3) is 10.9 Å². The largest absolute Gasteiger partial charge is 0.416 e.